The molecule has 28 rings (SSSR count). The average Bonchev–Trinajstić information content (AvgIpc) is 1.52. The van der Waals surface area contributed by atoms with Gasteiger partial charge in [-0.2, -0.15) is 0 Å². The van der Waals surface area contributed by atoms with Crippen molar-refractivity contribution >= 4 is 71.2 Å². The van der Waals surface area contributed by atoms with Gasteiger partial charge in [0.2, 0.25) is 0 Å². The van der Waals surface area contributed by atoms with Crippen LogP contribution >= 0.6 is 11.3 Å². The number of benzene rings is 21. The van der Waals surface area contributed by atoms with Gasteiger partial charge in [0.25, 0.3) is 0 Å². The predicted octanol–water partition coefficient (Wildman–Crippen LogP) is 36.0. The van der Waals surface area contributed by atoms with E-state index in [2.05, 4.69) is 545 Å². The topological polar surface area (TPSA) is 15.7 Å². The summed E-state index contributed by atoms with van der Waals surface area (Å²) in [5, 5.41) is 2.48. The molecule has 0 fully saturated rings. The van der Waals surface area contributed by atoms with Crippen LogP contribution in [0.1, 0.15) is 109 Å². The van der Waals surface area contributed by atoms with E-state index < -0.39 is 21.7 Å². The van der Waals surface area contributed by atoms with E-state index in [9.17, 15) is 0 Å². The lowest BCUT2D eigenvalue weighted by Crippen LogP contribution is -2.31. The largest absolute Gasteiger partial charge is 0.488 e. The maximum atomic E-state index is 6.54. The van der Waals surface area contributed by atoms with Gasteiger partial charge in [-0.3, -0.25) is 0 Å². The summed E-state index contributed by atoms with van der Waals surface area (Å²) in [6.07, 6.45) is 7.17. The standard InChI is InChI=1S/C139H96N2OS/c1-136(96-43-15-5-16-44-96)123-65-33-58-108(90-37-11-3-12-38-90)131(123)117-80-76-104(85-125(117)136)140(102-72-69-92(70-73-102)110-60-35-67-129-133(110)112-56-28-27-41-95(112)89-142-129)106-75-79-116-120-84-94(71-82-122(120)139(128(116)87-106,100-51-23-9-24-52-100)101-53-25-10-26-54-101)111-61-36-68-130-134(111)119-63-32-62-113(135(119)143-130)93-42-31-55-103(83-93)141(107-74-78-115-114-57-29-30-64-121(114)138(127(115)88-107,98-47-19-7-20-48-98)99-49-21-8-22-50-99)105-77-81-118-126(86-105)137(2,97-45-17-6-18-46-97)124-66-34-59-109(132(118)124)91-39-13-4-14-40-91/h3-88,123,131H,89H2,1-2H3. The van der Waals surface area contributed by atoms with E-state index in [4.69, 9.17) is 4.74 Å². The summed E-state index contributed by atoms with van der Waals surface area (Å²) in [5.74, 6) is 1.19. The molecule has 0 spiro atoms. The molecule has 674 valence electrons. The number of hydrogen-bond donors (Lipinski definition) is 0. The van der Waals surface area contributed by atoms with Crippen LogP contribution in [0, 0.1) is 5.92 Å². The van der Waals surface area contributed by atoms with Gasteiger partial charge in [-0.25, -0.2) is 0 Å². The van der Waals surface area contributed by atoms with Crippen molar-refractivity contribution in [3.8, 4) is 94.8 Å². The van der Waals surface area contributed by atoms with E-state index in [1.165, 1.54) is 182 Å². The summed E-state index contributed by atoms with van der Waals surface area (Å²) in [5.41, 5.74) is 44.8. The summed E-state index contributed by atoms with van der Waals surface area (Å²) in [6.45, 7) is 5.50. The summed E-state index contributed by atoms with van der Waals surface area (Å²) >= 11 is 1.90. The van der Waals surface area contributed by atoms with Crippen LogP contribution in [-0.2, 0) is 28.3 Å². The van der Waals surface area contributed by atoms with E-state index in [1.54, 1.807) is 0 Å². The van der Waals surface area contributed by atoms with Crippen LogP contribution in [0.4, 0.5) is 34.1 Å². The third kappa shape index (κ3) is 12.7. The molecule has 0 bridgehead atoms. The molecule has 4 unspecified atom stereocenters. The first kappa shape index (κ1) is 83.8. The monoisotopic (exact) mass is 1840 g/mol. The lowest BCUT2D eigenvalue weighted by molar-refractivity contribution is 0.302. The number of ether oxygens (including phenoxy) is 1. The van der Waals surface area contributed by atoms with Gasteiger partial charge in [-0.1, -0.05) is 438 Å². The minimum atomic E-state index is -0.753. The summed E-state index contributed by atoms with van der Waals surface area (Å²) in [6, 6.07) is 191. The molecule has 21 aromatic carbocycles. The fourth-order valence-electron chi connectivity index (χ4n) is 26.2. The number of thiophene rings is 1. The van der Waals surface area contributed by atoms with Crippen LogP contribution in [0.25, 0.3) is 115 Å². The van der Waals surface area contributed by atoms with Gasteiger partial charge in [-0.15, -0.1) is 11.3 Å². The van der Waals surface area contributed by atoms with Crippen LogP contribution < -0.4 is 14.5 Å². The maximum Gasteiger partial charge on any atom is 0.128 e. The fraction of sp³-hybridized carbons (Fsp3) is 0.0647. The zero-order chi connectivity index (χ0) is 94.6. The van der Waals surface area contributed by atoms with Gasteiger partial charge in [0.15, 0.2) is 0 Å². The molecule has 4 atom stereocenters. The Balaban J connectivity index is 0.608. The third-order valence-corrected chi connectivity index (χ3v) is 33.8. The number of hydrogen-bond acceptors (Lipinski definition) is 4. The molecule has 3 nitrogen and oxygen atoms in total. The van der Waals surface area contributed by atoms with E-state index in [-0.39, 0.29) is 11.8 Å². The lowest BCUT2D eigenvalue weighted by Gasteiger charge is -2.36. The highest BCUT2D eigenvalue weighted by atomic mass is 32.1. The highest BCUT2D eigenvalue weighted by Crippen LogP contribution is 2.66. The van der Waals surface area contributed by atoms with E-state index in [0.29, 0.717) is 6.61 Å². The molecule has 1 aliphatic heterocycles. The van der Waals surface area contributed by atoms with Crippen molar-refractivity contribution in [2.45, 2.75) is 48.0 Å². The molecule has 6 aliphatic rings. The first-order valence-electron chi connectivity index (χ1n) is 50.1. The summed E-state index contributed by atoms with van der Waals surface area (Å²) in [4.78, 5) is 5.10. The Hall–Kier alpha value is -17.3. The molecule has 143 heavy (non-hydrogen) atoms. The number of anilines is 6. The Morgan fingerprint density at radius 2 is 0.706 bits per heavy atom. The van der Waals surface area contributed by atoms with Crippen molar-refractivity contribution in [1.29, 1.82) is 0 Å². The molecule has 0 saturated heterocycles. The molecular weight excluding hydrogens is 1750 g/mol. The van der Waals surface area contributed by atoms with Gasteiger partial charge >= 0.3 is 0 Å². The van der Waals surface area contributed by atoms with Crippen molar-refractivity contribution in [2.75, 3.05) is 9.80 Å². The van der Waals surface area contributed by atoms with Gasteiger partial charge in [0.05, 0.1) is 10.8 Å². The Morgan fingerprint density at radius 3 is 1.36 bits per heavy atom. The Labute approximate surface area is 838 Å². The first-order chi connectivity index (χ1) is 70.7. The van der Waals surface area contributed by atoms with Gasteiger partial charge in [0, 0.05) is 82.5 Å². The quantitative estimate of drug-likeness (QED) is 0.0904. The van der Waals surface area contributed by atoms with Crippen LogP contribution in [0.5, 0.6) is 5.75 Å². The Morgan fingerprint density at radius 1 is 0.273 bits per heavy atom. The van der Waals surface area contributed by atoms with Crippen LogP contribution in [0.3, 0.4) is 0 Å². The molecule has 0 amide bonds. The molecule has 2 heterocycles. The van der Waals surface area contributed by atoms with Crippen molar-refractivity contribution in [3.63, 3.8) is 0 Å². The molecule has 5 aliphatic carbocycles. The van der Waals surface area contributed by atoms with Crippen LogP contribution in [0.15, 0.2) is 522 Å². The Kier molecular flexibility index (Phi) is 19.5. The number of nitrogens with zero attached hydrogens (tertiary/aromatic N) is 2. The van der Waals surface area contributed by atoms with E-state index in [0.717, 1.165) is 62.1 Å². The van der Waals surface area contributed by atoms with Crippen LogP contribution in [-0.4, -0.2) is 0 Å². The second-order valence-electron chi connectivity index (χ2n) is 39.6. The smallest absolute Gasteiger partial charge is 0.128 e. The third-order valence-electron chi connectivity index (χ3n) is 32.6. The fourth-order valence-corrected chi connectivity index (χ4v) is 27.5. The molecule has 0 radical (unpaired) electrons. The van der Waals surface area contributed by atoms with Crippen molar-refractivity contribution in [2.24, 2.45) is 5.92 Å². The first-order valence-corrected chi connectivity index (χ1v) is 50.9. The summed E-state index contributed by atoms with van der Waals surface area (Å²) < 4.78 is 9.02. The van der Waals surface area contributed by atoms with Crippen LogP contribution in [0.2, 0.25) is 0 Å². The summed E-state index contributed by atoms with van der Waals surface area (Å²) in [7, 11) is 0. The van der Waals surface area contributed by atoms with E-state index >= 15 is 0 Å². The molecule has 22 aromatic rings. The molecule has 0 saturated carbocycles. The zero-order valence-electron chi connectivity index (χ0n) is 79.2. The maximum absolute atomic E-state index is 6.54. The zero-order valence-corrected chi connectivity index (χ0v) is 80.0. The SMILES string of the molecule is CC1(c2ccccc2)c2cc(N(c3cccc(-c4cccc5c4sc4cccc(-c6ccc7c(c6)-c6ccc(N(c8ccc(-c9cccc%10c9-c9ccccc9CO%10)cc8)c8ccc9c(c8)C(C)(c8ccccc8)C8C=CC=C(c%10ccccc%10)C98)cc6C7(c6ccccc6)c6ccccc6)c45)c3)c3ccc4c(c3)C(c3ccccc3)(c3ccccc3)c3ccccc3-4)ccc2-c2c(-c3ccccc3)cccc21. The Bertz CT molecular complexity index is 8840. The highest BCUT2D eigenvalue weighted by molar-refractivity contribution is 7.26. The van der Waals surface area contributed by atoms with Crippen molar-refractivity contribution < 1.29 is 4.74 Å². The lowest BCUT2D eigenvalue weighted by atomic mass is 9.66. The molecular formula is C139H96N2OS. The number of fused-ring (bicyclic) bond motifs is 18. The van der Waals surface area contributed by atoms with Crippen molar-refractivity contribution in [1.82, 2.24) is 0 Å². The predicted molar refractivity (Wildman–Crippen MR) is 595 cm³/mol. The minimum absolute atomic E-state index is 0.128. The van der Waals surface area contributed by atoms with Gasteiger partial charge < -0.3 is 14.5 Å². The second-order valence-corrected chi connectivity index (χ2v) is 40.7. The minimum Gasteiger partial charge on any atom is -0.488 e. The van der Waals surface area contributed by atoms with Gasteiger partial charge in [0.1, 0.15) is 12.4 Å². The van der Waals surface area contributed by atoms with Gasteiger partial charge in [-0.05, 0) is 276 Å². The molecule has 1 aromatic heterocycles. The van der Waals surface area contributed by atoms with E-state index in [1.807, 2.05) is 11.3 Å². The number of allylic oxidation sites excluding steroid dienone is 4. The average molecular weight is 1840 g/mol. The second kappa shape index (κ2) is 33.2. The number of rotatable bonds is 17. The molecule has 4 heteroatoms. The molecule has 0 N–H and O–H groups in total. The normalized spacial score (nSPS) is 16.8. The highest BCUT2D eigenvalue weighted by Gasteiger charge is 2.53. The van der Waals surface area contributed by atoms with Crippen molar-refractivity contribution in [3.05, 3.63) is 611 Å².